The molecular weight excluding hydrogens is 639 g/mol. The molecule has 0 rings (SSSR count). The van der Waals surface area contributed by atoms with E-state index in [4.69, 9.17) is 0 Å². The van der Waals surface area contributed by atoms with Crippen LogP contribution < -0.4 is 5.32 Å². The van der Waals surface area contributed by atoms with Crippen molar-refractivity contribution in [2.75, 3.05) is 6.61 Å². The molecule has 4 nitrogen and oxygen atoms in total. The number of aliphatic hydroxyl groups excluding tert-OH is 2. The van der Waals surface area contributed by atoms with E-state index in [-0.39, 0.29) is 12.5 Å². The number of nitrogens with one attached hydrogen (secondary N) is 1. The summed E-state index contributed by atoms with van der Waals surface area (Å²) in [6.45, 7) is 4.25. The summed E-state index contributed by atoms with van der Waals surface area (Å²) in [6.07, 6.45) is 58.4. The van der Waals surface area contributed by atoms with E-state index < -0.39 is 12.1 Å². The van der Waals surface area contributed by atoms with E-state index in [1.54, 1.807) is 6.08 Å². The van der Waals surface area contributed by atoms with Gasteiger partial charge in [0, 0.05) is 6.42 Å². The van der Waals surface area contributed by atoms with Crippen molar-refractivity contribution in [2.24, 2.45) is 0 Å². The van der Waals surface area contributed by atoms with E-state index in [1.165, 1.54) is 180 Å². The van der Waals surface area contributed by atoms with Crippen LogP contribution in [-0.2, 0) is 4.79 Å². The van der Waals surface area contributed by atoms with Crippen molar-refractivity contribution in [1.29, 1.82) is 0 Å². The van der Waals surface area contributed by atoms with Crippen molar-refractivity contribution in [1.82, 2.24) is 5.32 Å². The number of amides is 1. The lowest BCUT2D eigenvalue weighted by Gasteiger charge is -2.20. The standard InChI is InChI=1S/C48H91NO3/c1-3-5-7-9-11-13-15-17-18-19-20-21-22-23-24-25-26-27-28-29-30-32-33-35-37-39-41-43-47(51)46(45-50)49-48(52)44-42-40-38-36-34-31-16-14-12-10-8-6-4-2/h8,10,14,16,41,43,46-47,50-51H,3-7,9,11-13,15,17-40,42,44-45H2,1-2H3,(H,49,52)/b10-8-,16-14-,43-41+. The Morgan fingerprint density at radius 3 is 1.23 bits per heavy atom. The molecule has 3 N–H and O–H groups in total. The van der Waals surface area contributed by atoms with Crippen molar-refractivity contribution < 1.29 is 15.0 Å². The fraction of sp³-hybridized carbons (Fsp3) is 0.854. The van der Waals surface area contributed by atoms with Gasteiger partial charge in [0.1, 0.15) is 0 Å². The minimum atomic E-state index is -0.844. The molecule has 0 fully saturated rings. The van der Waals surface area contributed by atoms with Gasteiger partial charge in [-0.25, -0.2) is 0 Å². The molecule has 0 saturated heterocycles. The van der Waals surface area contributed by atoms with Crippen LogP contribution in [-0.4, -0.2) is 34.9 Å². The number of aliphatic hydroxyl groups is 2. The zero-order valence-corrected chi connectivity index (χ0v) is 35.1. The Morgan fingerprint density at radius 2 is 0.827 bits per heavy atom. The number of carbonyl (C=O) groups is 1. The maximum absolute atomic E-state index is 12.3. The minimum Gasteiger partial charge on any atom is -0.394 e. The quantitative estimate of drug-likeness (QED) is 0.0433. The second-order valence-corrected chi connectivity index (χ2v) is 15.8. The Labute approximate surface area is 325 Å². The fourth-order valence-corrected chi connectivity index (χ4v) is 7.04. The highest BCUT2D eigenvalue weighted by atomic mass is 16.3. The zero-order valence-electron chi connectivity index (χ0n) is 35.1. The van der Waals surface area contributed by atoms with Gasteiger partial charge in [-0.05, 0) is 44.9 Å². The normalized spacial score (nSPS) is 13.2. The summed E-state index contributed by atoms with van der Waals surface area (Å²) in [5.74, 6) is -0.0780. The summed E-state index contributed by atoms with van der Waals surface area (Å²) in [5, 5.41) is 23.0. The van der Waals surface area contributed by atoms with Gasteiger partial charge in [-0.1, -0.05) is 230 Å². The molecule has 0 saturated carbocycles. The molecule has 0 bridgehead atoms. The minimum absolute atomic E-state index is 0.0780. The first-order valence-electron chi connectivity index (χ1n) is 23.2. The monoisotopic (exact) mass is 730 g/mol. The summed E-state index contributed by atoms with van der Waals surface area (Å²) in [5.41, 5.74) is 0. The molecule has 0 spiro atoms. The summed E-state index contributed by atoms with van der Waals surface area (Å²) in [7, 11) is 0. The number of unbranched alkanes of at least 4 members (excludes halogenated alkanes) is 31. The van der Waals surface area contributed by atoms with Gasteiger partial charge in [-0.15, -0.1) is 0 Å². The number of hydrogen-bond acceptors (Lipinski definition) is 3. The fourth-order valence-electron chi connectivity index (χ4n) is 7.04. The predicted molar refractivity (Wildman–Crippen MR) is 230 cm³/mol. The smallest absolute Gasteiger partial charge is 0.220 e. The summed E-state index contributed by atoms with van der Waals surface area (Å²) in [6, 6.07) is -0.628. The largest absolute Gasteiger partial charge is 0.394 e. The average molecular weight is 730 g/mol. The first-order chi connectivity index (χ1) is 25.7. The van der Waals surface area contributed by atoms with Crippen LogP contribution in [0.4, 0.5) is 0 Å². The highest BCUT2D eigenvalue weighted by molar-refractivity contribution is 5.76. The Kier molecular flexibility index (Phi) is 42.8. The van der Waals surface area contributed by atoms with Crippen LogP contribution in [0.3, 0.4) is 0 Å². The zero-order chi connectivity index (χ0) is 37.8. The number of carbonyl (C=O) groups excluding carboxylic acids is 1. The molecule has 1 amide bonds. The third-order valence-corrected chi connectivity index (χ3v) is 10.6. The molecule has 0 aliphatic carbocycles. The van der Waals surface area contributed by atoms with Crippen molar-refractivity contribution in [3.63, 3.8) is 0 Å². The van der Waals surface area contributed by atoms with Crippen LogP contribution in [0.25, 0.3) is 0 Å². The van der Waals surface area contributed by atoms with E-state index in [9.17, 15) is 15.0 Å². The third-order valence-electron chi connectivity index (χ3n) is 10.6. The van der Waals surface area contributed by atoms with Crippen LogP contribution in [0, 0.1) is 0 Å². The number of allylic oxidation sites excluding steroid dienone is 5. The average Bonchev–Trinajstić information content (AvgIpc) is 3.15. The van der Waals surface area contributed by atoms with Crippen molar-refractivity contribution in [3.05, 3.63) is 36.5 Å². The highest BCUT2D eigenvalue weighted by Gasteiger charge is 2.17. The van der Waals surface area contributed by atoms with Gasteiger partial charge in [0.05, 0.1) is 18.8 Å². The summed E-state index contributed by atoms with van der Waals surface area (Å²) < 4.78 is 0. The summed E-state index contributed by atoms with van der Waals surface area (Å²) >= 11 is 0. The molecule has 306 valence electrons. The lowest BCUT2D eigenvalue weighted by atomic mass is 10.0. The molecule has 0 radical (unpaired) electrons. The third kappa shape index (κ3) is 39.8. The Hall–Kier alpha value is -1.39. The second-order valence-electron chi connectivity index (χ2n) is 15.8. The SMILES string of the molecule is CCC/C=C\C/C=C\CCCCCCCC(=O)NC(CO)C(O)/C=C/CCCCCCCCCCCCCCCCCCCCCCCCCCC. The number of hydrogen-bond donors (Lipinski definition) is 3. The van der Waals surface area contributed by atoms with E-state index in [1.807, 2.05) is 6.08 Å². The first-order valence-corrected chi connectivity index (χ1v) is 23.2. The molecule has 0 aromatic heterocycles. The Morgan fingerprint density at radius 1 is 0.462 bits per heavy atom. The van der Waals surface area contributed by atoms with Gasteiger partial charge in [0.15, 0.2) is 0 Å². The highest BCUT2D eigenvalue weighted by Crippen LogP contribution is 2.16. The lowest BCUT2D eigenvalue weighted by Crippen LogP contribution is -2.45. The van der Waals surface area contributed by atoms with E-state index in [0.29, 0.717) is 6.42 Å². The van der Waals surface area contributed by atoms with E-state index in [2.05, 4.69) is 43.5 Å². The second kappa shape index (κ2) is 44.0. The van der Waals surface area contributed by atoms with Crippen LogP contribution in [0.5, 0.6) is 0 Å². The van der Waals surface area contributed by atoms with Gasteiger partial charge in [0.25, 0.3) is 0 Å². The van der Waals surface area contributed by atoms with Crippen molar-refractivity contribution >= 4 is 5.91 Å². The van der Waals surface area contributed by atoms with Crippen molar-refractivity contribution in [3.8, 4) is 0 Å². The van der Waals surface area contributed by atoms with Crippen LogP contribution >= 0.6 is 0 Å². The van der Waals surface area contributed by atoms with Crippen LogP contribution in [0.15, 0.2) is 36.5 Å². The van der Waals surface area contributed by atoms with E-state index in [0.717, 1.165) is 44.9 Å². The Balaban J connectivity index is 3.49. The summed E-state index contributed by atoms with van der Waals surface area (Å²) in [4.78, 5) is 12.3. The Bertz CT molecular complexity index is 790. The molecule has 0 aromatic carbocycles. The van der Waals surface area contributed by atoms with Crippen LogP contribution in [0.1, 0.15) is 245 Å². The first kappa shape index (κ1) is 50.6. The molecule has 0 aromatic rings. The molecular formula is C48H91NO3. The van der Waals surface area contributed by atoms with Gasteiger partial charge in [-0.3, -0.25) is 4.79 Å². The maximum atomic E-state index is 12.3. The molecule has 2 unspecified atom stereocenters. The van der Waals surface area contributed by atoms with Gasteiger partial charge in [0.2, 0.25) is 5.91 Å². The van der Waals surface area contributed by atoms with Gasteiger partial charge in [-0.2, -0.15) is 0 Å². The number of rotatable bonds is 42. The molecule has 2 atom stereocenters. The topological polar surface area (TPSA) is 69.6 Å². The van der Waals surface area contributed by atoms with Crippen LogP contribution in [0.2, 0.25) is 0 Å². The lowest BCUT2D eigenvalue weighted by molar-refractivity contribution is -0.123. The van der Waals surface area contributed by atoms with E-state index >= 15 is 0 Å². The molecule has 0 aliphatic rings. The molecule has 0 aliphatic heterocycles. The van der Waals surface area contributed by atoms with Crippen molar-refractivity contribution in [2.45, 2.75) is 257 Å². The van der Waals surface area contributed by atoms with Gasteiger partial charge >= 0.3 is 0 Å². The van der Waals surface area contributed by atoms with Gasteiger partial charge < -0.3 is 15.5 Å². The molecule has 4 heteroatoms. The molecule has 0 heterocycles. The maximum Gasteiger partial charge on any atom is 0.220 e. The predicted octanol–water partition coefficient (Wildman–Crippen LogP) is 14.6. The molecule has 52 heavy (non-hydrogen) atoms.